The zero-order valence-corrected chi connectivity index (χ0v) is 21.9. The van der Waals surface area contributed by atoms with Crippen molar-refractivity contribution in [3.63, 3.8) is 0 Å². The molecule has 1 aromatic carbocycles. The standard InChI is InChI=1S/C28H32N4O4S/c1-35-24-15-19-6-9-32-23(28(34)31-7-2-3-8-31)17-21(25-5-4-14-37-25)27(32)20(19)16-22(24)29-26(33)18-30-10-12-36-13-11-30/h4-5,14-17H,2-3,6-13,18H2,1H3,(H,29,33). The lowest BCUT2D eigenvalue weighted by atomic mass is 9.94. The molecule has 2 amide bonds. The van der Waals surface area contributed by atoms with Crippen LogP contribution in [0.3, 0.4) is 0 Å². The van der Waals surface area contributed by atoms with Crippen molar-refractivity contribution in [3.8, 4) is 27.4 Å². The van der Waals surface area contributed by atoms with E-state index in [0.717, 1.165) is 84.9 Å². The first-order valence-electron chi connectivity index (χ1n) is 13.0. The van der Waals surface area contributed by atoms with E-state index < -0.39 is 0 Å². The Kier molecular flexibility index (Phi) is 6.75. The summed E-state index contributed by atoms with van der Waals surface area (Å²) in [5.41, 5.74) is 5.70. The smallest absolute Gasteiger partial charge is 0.270 e. The summed E-state index contributed by atoms with van der Waals surface area (Å²) < 4.78 is 13.3. The number of carbonyl (C=O) groups is 2. The van der Waals surface area contributed by atoms with E-state index in [9.17, 15) is 9.59 Å². The van der Waals surface area contributed by atoms with Crippen LogP contribution in [0.1, 0.15) is 28.9 Å². The fourth-order valence-electron chi connectivity index (χ4n) is 5.65. The number of amides is 2. The number of anilines is 1. The molecule has 2 fully saturated rings. The van der Waals surface area contributed by atoms with Crippen molar-refractivity contribution in [1.29, 1.82) is 0 Å². The summed E-state index contributed by atoms with van der Waals surface area (Å²) in [6.07, 6.45) is 2.92. The zero-order chi connectivity index (χ0) is 25.4. The quantitative estimate of drug-likeness (QED) is 0.533. The van der Waals surface area contributed by atoms with E-state index in [1.165, 1.54) is 0 Å². The lowest BCUT2D eigenvalue weighted by molar-refractivity contribution is -0.118. The Hall–Kier alpha value is -3.14. The first-order chi connectivity index (χ1) is 18.1. The molecule has 0 bridgehead atoms. The van der Waals surface area contributed by atoms with Crippen molar-refractivity contribution < 1.29 is 19.1 Å². The summed E-state index contributed by atoms with van der Waals surface area (Å²) in [5, 5.41) is 5.16. The Balaban J connectivity index is 1.39. The van der Waals surface area contributed by atoms with Crippen LogP contribution in [0.15, 0.2) is 35.7 Å². The predicted molar refractivity (Wildman–Crippen MR) is 144 cm³/mol. The molecule has 0 aliphatic carbocycles. The van der Waals surface area contributed by atoms with Crippen molar-refractivity contribution in [2.24, 2.45) is 0 Å². The monoisotopic (exact) mass is 520 g/mol. The van der Waals surface area contributed by atoms with Gasteiger partial charge in [0.05, 0.1) is 38.2 Å². The molecule has 5 heterocycles. The summed E-state index contributed by atoms with van der Waals surface area (Å²) in [7, 11) is 1.63. The van der Waals surface area contributed by atoms with Crippen LogP contribution < -0.4 is 10.1 Å². The molecule has 2 saturated heterocycles. The number of nitrogens with one attached hydrogen (secondary N) is 1. The molecule has 3 aliphatic heterocycles. The largest absolute Gasteiger partial charge is 0.495 e. The van der Waals surface area contributed by atoms with E-state index in [2.05, 4.69) is 32.3 Å². The zero-order valence-electron chi connectivity index (χ0n) is 21.1. The molecule has 1 N–H and O–H groups in total. The normalized spacial score (nSPS) is 17.4. The fourth-order valence-corrected chi connectivity index (χ4v) is 6.39. The number of aryl methyl sites for hydroxylation is 1. The van der Waals surface area contributed by atoms with Gasteiger partial charge in [0.2, 0.25) is 5.91 Å². The first kappa shape index (κ1) is 24.2. The number of methoxy groups -OCH3 is 1. The van der Waals surface area contributed by atoms with Crippen LogP contribution in [0, 0.1) is 0 Å². The second-order valence-electron chi connectivity index (χ2n) is 9.82. The Labute approximate surface area is 220 Å². The number of thiophene rings is 1. The molecule has 3 aliphatic rings. The van der Waals surface area contributed by atoms with E-state index >= 15 is 0 Å². The van der Waals surface area contributed by atoms with Gasteiger partial charge in [0.15, 0.2) is 0 Å². The van der Waals surface area contributed by atoms with Gasteiger partial charge in [-0.25, -0.2) is 0 Å². The van der Waals surface area contributed by atoms with Crippen molar-refractivity contribution >= 4 is 28.8 Å². The van der Waals surface area contributed by atoms with Gasteiger partial charge in [-0.1, -0.05) is 6.07 Å². The molecule has 194 valence electrons. The Morgan fingerprint density at radius 1 is 1.05 bits per heavy atom. The number of morpholine rings is 1. The maximum Gasteiger partial charge on any atom is 0.270 e. The number of aromatic nitrogens is 1. The number of hydrogen-bond acceptors (Lipinski definition) is 6. The molecular weight excluding hydrogens is 488 g/mol. The van der Waals surface area contributed by atoms with Crippen LogP contribution in [-0.4, -0.2) is 79.2 Å². The first-order valence-corrected chi connectivity index (χ1v) is 13.9. The third-order valence-corrected chi connectivity index (χ3v) is 8.43. The molecule has 0 unspecified atom stereocenters. The van der Waals surface area contributed by atoms with Crippen LogP contribution >= 0.6 is 11.3 Å². The van der Waals surface area contributed by atoms with Gasteiger partial charge in [0, 0.05) is 48.7 Å². The minimum atomic E-state index is -0.0743. The number of fused-ring (bicyclic) bond motifs is 3. The van der Waals surface area contributed by atoms with Crippen LogP contribution in [0.5, 0.6) is 5.75 Å². The maximum absolute atomic E-state index is 13.5. The highest BCUT2D eigenvalue weighted by molar-refractivity contribution is 7.13. The highest BCUT2D eigenvalue weighted by Crippen LogP contribution is 2.44. The van der Waals surface area contributed by atoms with Gasteiger partial charge < -0.3 is 24.3 Å². The highest BCUT2D eigenvalue weighted by Gasteiger charge is 2.31. The molecule has 2 aromatic heterocycles. The molecule has 0 radical (unpaired) electrons. The molecule has 3 aromatic rings. The number of ether oxygens (including phenoxy) is 2. The van der Waals surface area contributed by atoms with Crippen molar-refractivity contribution in [2.45, 2.75) is 25.8 Å². The van der Waals surface area contributed by atoms with E-state index in [-0.39, 0.29) is 11.8 Å². The predicted octanol–water partition coefficient (Wildman–Crippen LogP) is 3.96. The second-order valence-corrected chi connectivity index (χ2v) is 10.8. The average Bonchev–Trinajstić information content (AvgIpc) is 3.69. The molecule has 8 nitrogen and oxygen atoms in total. The number of nitrogens with zero attached hydrogens (tertiary/aromatic N) is 3. The molecule has 6 rings (SSSR count). The summed E-state index contributed by atoms with van der Waals surface area (Å²) in [6.45, 7) is 5.48. The lowest BCUT2D eigenvalue weighted by Gasteiger charge is -2.27. The van der Waals surface area contributed by atoms with Gasteiger partial charge in [-0.3, -0.25) is 14.5 Å². The van der Waals surface area contributed by atoms with Crippen LogP contribution in [-0.2, 0) is 22.5 Å². The number of carbonyl (C=O) groups excluding carboxylic acids is 2. The SMILES string of the molecule is COc1cc2c(cc1NC(=O)CN1CCOCC1)-c1c(-c3cccs3)cc(C(=O)N3CCCC3)n1CC2. The van der Waals surface area contributed by atoms with Gasteiger partial charge in [0.1, 0.15) is 11.4 Å². The number of rotatable bonds is 6. The van der Waals surface area contributed by atoms with Crippen LogP contribution in [0.4, 0.5) is 5.69 Å². The minimum Gasteiger partial charge on any atom is -0.495 e. The average molecular weight is 521 g/mol. The van der Waals surface area contributed by atoms with E-state index in [0.29, 0.717) is 31.2 Å². The van der Waals surface area contributed by atoms with E-state index in [1.54, 1.807) is 18.4 Å². The number of hydrogen-bond donors (Lipinski definition) is 1. The van der Waals surface area contributed by atoms with Gasteiger partial charge in [-0.05, 0) is 54.5 Å². The molecule has 9 heteroatoms. The third kappa shape index (κ3) is 4.67. The number of benzene rings is 1. The Morgan fingerprint density at radius 3 is 2.59 bits per heavy atom. The van der Waals surface area contributed by atoms with E-state index in [4.69, 9.17) is 9.47 Å². The van der Waals surface area contributed by atoms with Crippen LogP contribution in [0.2, 0.25) is 0 Å². The minimum absolute atomic E-state index is 0.0743. The third-order valence-electron chi connectivity index (χ3n) is 7.53. The molecule has 0 spiro atoms. The molecule has 0 atom stereocenters. The highest BCUT2D eigenvalue weighted by atomic mass is 32.1. The second kappa shape index (κ2) is 10.3. The van der Waals surface area contributed by atoms with Gasteiger partial charge in [-0.15, -0.1) is 11.3 Å². The van der Waals surface area contributed by atoms with Crippen molar-refractivity contribution in [1.82, 2.24) is 14.4 Å². The van der Waals surface area contributed by atoms with Gasteiger partial charge in [-0.2, -0.15) is 0 Å². The summed E-state index contributed by atoms with van der Waals surface area (Å²) in [5.74, 6) is 0.687. The van der Waals surface area contributed by atoms with Gasteiger partial charge >= 0.3 is 0 Å². The lowest BCUT2D eigenvalue weighted by Crippen LogP contribution is -2.41. The summed E-state index contributed by atoms with van der Waals surface area (Å²) in [6, 6.07) is 10.3. The van der Waals surface area contributed by atoms with Crippen LogP contribution in [0.25, 0.3) is 21.7 Å². The molecular formula is C28H32N4O4S. The van der Waals surface area contributed by atoms with Crippen molar-refractivity contribution in [2.75, 3.05) is 58.4 Å². The summed E-state index contributed by atoms with van der Waals surface area (Å²) >= 11 is 1.67. The molecule has 0 saturated carbocycles. The number of likely N-dealkylation sites (tertiary alicyclic amines) is 1. The van der Waals surface area contributed by atoms with Gasteiger partial charge in [0.25, 0.3) is 5.91 Å². The Morgan fingerprint density at radius 2 is 1.86 bits per heavy atom. The topological polar surface area (TPSA) is 76.0 Å². The van der Waals surface area contributed by atoms with Crippen molar-refractivity contribution in [3.05, 3.63) is 47.0 Å². The molecule has 37 heavy (non-hydrogen) atoms. The van der Waals surface area contributed by atoms with E-state index in [1.807, 2.05) is 23.1 Å². The Bertz CT molecular complexity index is 1300. The maximum atomic E-state index is 13.5. The fraction of sp³-hybridized carbons (Fsp3) is 0.429. The summed E-state index contributed by atoms with van der Waals surface area (Å²) in [4.78, 5) is 31.7.